The van der Waals surface area contributed by atoms with Gasteiger partial charge in [0.05, 0.1) is 18.6 Å². The van der Waals surface area contributed by atoms with Gasteiger partial charge in [0.25, 0.3) is 12.3 Å². The molecule has 0 bridgehead atoms. The van der Waals surface area contributed by atoms with Crippen LogP contribution in [0.1, 0.15) is 64.0 Å². The van der Waals surface area contributed by atoms with Crippen LogP contribution in [0.5, 0.6) is 0 Å². The number of carbonyl (C=O) groups is 1. The number of rotatable bonds is 5. The Morgan fingerprint density at radius 2 is 2.10 bits per heavy atom. The van der Waals surface area contributed by atoms with Crippen LogP contribution in [0.2, 0.25) is 0 Å². The summed E-state index contributed by atoms with van der Waals surface area (Å²) in [5, 5.41) is 8.26. The lowest BCUT2D eigenvalue weighted by molar-refractivity contribution is 0.0176. The Labute approximate surface area is 174 Å². The summed E-state index contributed by atoms with van der Waals surface area (Å²) < 4.78 is 38.4. The highest BCUT2D eigenvalue weighted by atomic mass is 19.3. The summed E-state index contributed by atoms with van der Waals surface area (Å²) in [6.07, 6.45) is 1.79. The molecule has 30 heavy (non-hydrogen) atoms. The Morgan fingerprint density at radius 3 is 2.77 bits per heavy atom. The van der Waals surface area contributed by atoms with Gasteiger partial charge in [0.15, 0.2) is 0 Å². The van der Waals surface area contributed by atoms with Crippen LogP contribution >= 0.6 is 0 Å². The quantitative estimate of drug-likeness (QED) is 0.706. The van der Waals surface area contributed by atoms with Crippen LogP contribution in [0.15, 0.2) is 10.7 Å². The summed E-state index contributed by atoms with van der Waals surface area (Å²) in [5.74, 6) is 0.626. The van der Waals surface area contributed by atoms with Crippen molar-refractivity contribution in [2.45, 2.75) is 83.9 Å². The highest BCUT2D eigenvalue weighted by Gasteiger charge is 2.33. The van der Waals surface area contributed by atoms with Crippen LogP contribution in [0.25, 0.3) is 11.6 Å². The largest absolute Gasteiger partial charge is 0.444 e. The van der Waals surface area contributed by atoms with Crippen molar-refractivity contribution in [3.8, 4) is 11.6 Å². The maximum atomic E-state index is 12.9. The van der Waals surface area contributed by atoms with Crippen molar-refractivity contribution in [3.05, 3.63) is 17.9 Å². The molecule has 8 nitrogen and oxygen atoms in total. The molecule has 0 radical (unpaired) electrons. The third-order valence-corrected chi connectivity index (χ3v) is 5.22. The summed E-state index contributed by atoms with van der Waals surface area (Å²) in [6.45, 7) is 6.74. The summed E-state index contributed by atoms with van der Waals surface area (Å²) in [7, 11) is 1.74. The number of aromatic nitrogens is 4. The fourth-order valence-corrected chi connectivity index (χ4v) is 3.77. The smallest absolute Gasteiger partial charge is 0.410 e. The molecule has 166 valence electrons. The van der Waals surface area contributed by atoms with Gasteiger partial charge in [-0.2, -0.15) is 0 Å². The molecule has 1 fully saturated rings. The number of hydrogen-bond acceptors (Lipinski definition) is 6. The lowest BCUT2D eigenvalue weighted by Gasteiger charge is -2.35. The molecule has 0 aromatic carbocycles. The molecule has 1 saturated carbocycles. The van der Waals surface area contributed by atoms with E-state index < -0.39 is 18.6 Å². The van der Waals surface area contributed by atoms with Crippen molar-refractivity contribution < 1.29 is 22.7 Å². The van der Waals surface area contributed by atoms with Crippen molar-refractivity contribution in [3.63, 3.8) is 0 Å². The first kappa shape index (κ1) is 22.2. The van der Waals surface area contributed by atoms with E-state index in [-0.39, 0.29) is 23.9 Å². The molecular formula is C20H29F2N5O3. The molecule has 10 heteroatoms. The normalized spacial score (nSPS) is 19.9. The van der Waals surface area contributed by atoms with Crippen molar-refractivity contribution in [2.24, 2.45) is 0 Å². The molecule has 2 heterocycles. The second-order valence-corrected chi connectivity index (χ2v) is 8.78. The van der Waals surface area contributed by atoms with Crippen LogP contribution in [0.3, 0.4) is 0 Å². The van der Waals surface area contributed by atoms with E-state index in [4.69, 9.17) is 9.15 Å². The van der Waals surface area contributed by atoms with Crippen LogP contribution in [-0.4, -0.2) is 55.9 Å². The van der Waals surface area contributed by atoms with Gasteiger partial charge >= 0.3 is 6.09 Å². The van der Waals surface area contributed by atoms with Crippen LogP contribution in [-0.2, 0) is 11.3 Å². The number of imidazole rings is 1. The Morgan fingerprint density at radius 1 is 1.37 bits per heavy atom. The molecule has 0 aliphatic heterocycles. The zero-order chi connectivity index (χ0) is 22.1. The Bertz CT molecular complexity index is 874. The van der Waals surface area contributed by atoms with Gasteiger partial charge in [-0.05, 0) is 47.0 Å². The summed E-state index contributed by atoms with van der Waals surface area (Å²) in [5.41, 5.74) is 0.407. The number of carbonyl (C=O) groups excluding carboxylic acids is 1. The van der Waals surface area contributed by atoms with Crippen molar-refractivity contribution in [1.29, 1.82) is 0 Å². The van der Waals surface area contributed by atoms with E-state index in [2.05, 4.69) is 15.2 Å². The third kappa shape index (κ3) is 5.14. The number of alkyl halides is 2. The maximum absolute atomic E-state index is 12.9. The van der Waals surface area contributed by atoms with E-state index in [1.54, 1.807) is 18.9 Å². The first-order valence-corrected chi connectivity index (χ1v) is 10.1. The summed E-state index contributed by atoms with van der Waals surface area (Å²) in [6, 6.07) is 0.0000441. The fourth-order valence-electron chi connectivity index (χ4n) is 3.77. The standard InChI is InChI=1S/C20H29F2N5O3/c1-12-16(27(11-23-12)10-15(21)22)18-25-24-17(29-18)13-7-6-8-14(9-13)26(5)19(28)30-20(2,3)4/h11,13-15H,6-10H2,1-5H3/t13?,14-/m1/s1. The fraction of sp³-hybridized carbons (Fsp3) is 0.700. The molecule has 2 aromatic rings. The van der Waals surface area contributed by atoms with Crippen LogP contribution < -0.4 is 0 Å². The third-order valence-electron chi connectivity index (χ3n) is 5.22. The SMILES string of the molecule is Cc1ncn(CC(F)F)c1-c1nnc(C2CCC[C@@H](N(C)C(=O)OC(C)(C)C)C2)o1. The Balaban J connectivity index is 1.73. The topological polar surface area (TPSA) is 86.3 Å². The molecular weight excluding hydrogens is 396 g/mol. The number of ether oxygens (including phenoxy) is 1. The predicted molar refractivity (Wildman–Crippen MR) is 105 cm³/mol. The highest BCUT2D eigenvalue weighted by molar-refractivity contribution is 5.68. The molecule has 1 aliphatic carbocycles. The van der Waals surface area contributed by atoms with E-state index in [9.17, 15) is 13.6 Å². The molecule has 0 N–H and O–H groups in total. The summed E-state index contributed by atoms with van der Waals surface area (Å²) >= 11 is 0. The second-order valence-electron chi connectivity index (χ2n) is 8.78. The minimum absolute atomic E-state index is 0.0000441. The predicted octanol–water partition coefficient (Wildman–Crippen LogP) is 4.40. The molecule has 2 atom stereocenters. The molecule has 0 spiro atoms. The first-order chi connectivity index (χ1) is 14.0. The second kappa shape index (κ2) is 8.69. The summed E-state index contributed by atoms with van der Waals surface area (Å²) in [4.78, 5) is 18.1. The number of halogens is 2. The zero-order valence-electron chi connectivity index (χ0n) is 18.1. The number of amides is 1. The van der Waals surface area contributed by atoms with Gasteiger partial charge in [-0.15, -0.1) is 10.2 Å². The van der Waals surface area contributed by atoms with Gasteiger partial charge in [0.1, 0.15) is 11.3 Å². The molecule has 0 saturated heterocycles. The molecule has 3 rings (SSSR count). The van der Waals surface area contributed by atoms with E-state index >= 15 is 0 Å². The van der Waals surface area contributed by atoms with Crippen LogP contribution in [0, 0.1) is 6.92 Å². The van der Waals surface area contributed by atoms with Crippen LogP contribution in [0.4, 0.5) is 13.6 Å². The maximum Gasteiger partial charge on any atom is 0.410 e. The Kier molecular flexibility index (Phi) is 6.42. The van der Waals surface area contributed by atoms with Gasteiger partial charge in [0.2, 0.25) is 5.89 Å². The monoisotopic (exact) mass is 425 g/mol. The van der Waals surface area contributed by atoms with E-state index in [0.717, 1.165) is 19.3 Å². The lowest BCUT2D eigenvalue weighted by Crippen LogP contribution is -2.42. The van der Waals surface area contributed by atoms with Gasteiger partial charge in [-0.3, -0.25) is 0 Å². The average Bonchev–Trinajstić information content (AvgIpc) is 3.26. The molecule has 1 aliphatic rings. The van der Waals surface area contributed by atoms with E-state index in [0.29, 0.717) is 23.7 Å². The zero-order valence-corrected chi connectivity index (χ0v) is 18.1. The minimum Gasteiger partial charge on any atom is -0.444 e. The van der Waals surface area contributed by atoms with Gasteiger partial charge < -0.3 is 18.6 Å². The number of nitrogens with zero attached hydrogens (tertiary/aromatic N) is 5. The molecule has 1 amide bonds. The van der Waals surface area contributed by atoms with E-state index in [1.165, 1.54) is 10.9 Å². The molecule has 2 aromatic heterocycles. The van der Waals surface area contributed by atoms with Crippen molar-refractivity contribution in [2.75, 3.05) is 7.05 Å². The number of hydrogen-bond donors (Lipinski definition) is 0. The van der Waals surface area contributed by atoms with Gasteiger partial charge in [-0.25, -0.2) is 18.6 Å². The number of aryl methyl sites for hydroxylation is 1. The average molecular weight is 425 g/mol. The molecule has 1 unspecified atom stereocenters. The van der Waals surface area contributed by atoms with E-state index in [1.807, 2.05) is 20.8 Å². The first-order valence-electron chi connectivity index (χ1n) is 10.1. The highest BCUT2D eigenvalue weighted by Crippen LogP contribution is 2.36. The Hall–Kier alpha value is -2.52. The van der Waals surface area contributed by atoms with Crippen molar-refractivity contribution >= 4 is 6.09 Å². The van der Waals surface area contributed by atoms with Crippen molar-refractivity contribution in [1.82, 2.24) is 24.6 Å². The van der Waals surface area contributed by atoms with Gasteiger partial charge in [0, 0.05) is 19.0 Å². The van der Waals surface area contributed by atoms with Gasteiger partial charge in [-0.1, -0.05) is 6.42 Å². The minimum atomic E-state index is -2.51. The lowest BCUT2D eigenvalue weighted by atomic mass is 9.85.